The van der Waals surface area contributed by atoms with E-state index in [1.807, 2.05) is 0 Å². The van der Waals surface area contributed by atoms with Gasteiger partial charge in [-0.05, 0) is 49.4 Å². The number of halogens is 1. The lowest BCUT2D eigenvalue weighted by Crippen LogP contribution is -2.05. The van der Waals surface area contributed by atoms with Gasteiger partial charge in [-0.15, -0.1) is 0 Å². The van der Waals surface area contributed by atoms with Gasteiger partial charge >= 0.3 is 5.97 Å². The van der Waals surface area contributed by atoms with Gasteiger partial charge in [0.05, 0.1) is 12.2 Å². The van der Waals surface area contributed by atoms with E-state index in [1.54, 1.807) is 13.0 Å². The third-order valence-electron chi connectivity index (χ3n) is 2.52. The second-order valence-corrected chi connectivity index (χ2v) is 3.73. The second kappa shape index (κ2) is 4.01. The van der Waals surface area contributed by atoms with Gasteiger partial charge in [0.2, 0.25) is 0 Å². The average Bonchev–Trinajstić information content (AvgIpc) is 3.02. The third kappa shape index (κ3) is 2.17. The molecule has 1 aromatic carbocycles. The van der Waals surface area contributed by atoms with E-state index in [0.29, 0.717) is 23.7 Å². The van der Waals surface area contributed by atoms with Crippen molar-refractivity contribution in [3.63, 3.8) is 0 Å². The molecule has 0 heterocycles. The second-order valence-electron chi connectivity index (χ2n) is 3.73. The van der Waals surface area contributed by atoms with Crippen LogP contribution >= 0.6 is 0 Å². The molecule has 2 nitrogen and oxygen atoms in total. The molecule has 1 fully saturated rings. The first kappa shape index (κ1) is 10.1. The Balaban J connectivity index is 2.25. The molecule has 1 saturated carbocycles. The molecule has 0 bridgehead atoms. The van der Waals surface area contributed by atoms with E-state index in [0.717, 1.165) is 12.8 Å². The number of esters is 1. The van der Waals surface area contributed by atoms with E-state index >= 15 is 0 Å². The van der Waals surface area contributed by atoms with Crippen molar-refractivity contribution in [1.29, 1.82) is 0 Å². The monoisotopic (exact) mass is 208 g/mol. The topological polar surface area (TPSA) is 26.3 Å². The zero-order valence-electron chi connectivity index (χ0n) is 8.63. The van der Waals surface area contributed by atoms with Gasteiger partial charge in [-0.3, -0.25) is 0 Å². The quantitative estimate of drug-likeness (QED) is 0.714. The summed E-state index contributed by atoms with van der Waals surface area (Å²) in [6.07, 6.45) is 2.03. The molecule has 3 heteroatoms. The Labute approximate surface area is 88.1 Å². The summed E-state index contributed by atoms with van der Waals surface area (Å²) in [5, 5.41) is 0. The lowest BCUT2D eigenvalue weighted by Gasteiger charge is -2.05. The van der Waals surface area contributed by atoms with E-state index in [2.05, 4.69) is 0 Å². The fraction of sp³-hybridized carbons (Fsp3) is 0.417. The highest BCUT2D eigenvalue weighted by atomic mass is 19.1. The predicted molar refractivity (Wildman–Crippen MR) is 54.3 cm³/mol. The zero-order valence-corrected chi connectivity index (χ0v) is 8.63. The number of carbonyl (C=O) groups excluding carboxylic acids is 1. The Bertz CT molecular complexity index is 383. The molecular weight excluding hydrogens is 195 g/mol. The molecule has 0 aliphatic heterocycles. The molecule has 1 aliphatic carbocycles. The van der Waals surface area contributed by atoms with E-state index in [9.17, 15) is 9.18 Å². The van der Waals surface area contributed by atoms with Gasteiger partial charge in [0.1, 0.15) is 5.82 Å². The van der Waals surface area contributed by atoms with Gasteiger partial charge in [-0.2, -0.15) is 0 Å². The predicted octanol–water partition coefficient (Wildman–Crippen LogP) is 2.88. The summed E-state index contributed by atoms with van der Waals surface area (Å²) >= 11 is 0. The van der Waals surface area contributed by atoms with Crippen LogP contribution in [0.3, 0.4) is 0 Å². The summed E-state index contributed by atoms with van der Waals surface area (Å²) < 4.78 is 18.2. The zero-order chi connectivity index (χ0) is 10.8. The smallest absolute Gasteiger partial charge is 0.338 e. The highest BCUT2D eigenvalue weighted by molar-refractivity contribution is 5.89. The van der Waals surface area contributed by atoms with Crippen LogP contribution in [-0.4, -0.2) is 12.6 Å². The molecule has 0 saturated heterocycles. The van der Waals surface area contributed by atoms with Crippen molar-refractivity contribution < 1.29 is 13.9 Å². The van der Waals surface area contributed by atoms with Crippen LogP contribution in [0.5, 0.6) is 0 Å². The van der Waals surface area contributed by atoms with Gasteiger partial charge in [0.25, 0.3) is 0 Å². The Morgan fingerprint density at radius 1 is 1.53 bits per heavy atom. The Kier molecular flexibility index (Phi) is 2.71. The largest absolute Gasteiger partial charge is 0.462 e. The molecule has 1 aliphatic rings. The molecule has 80 valence electrons. The van der Waals surface area contributed by atoms with Gasteiger partial charge < -0.3 is 4.74 Å². The molecule has 0 N–H and O–H groups in total. The Hall–Kier alpha value is -1.38. The molecule has 15 heavy (non-hydrogen) atoms. The van der Waals surface area contributed by atoms with Crippen molar-refractivity contribution in [2.75, 3.05) is 6.61 Å². The van der Waals surface area contributed by atoms with Crippen molar-refractivity contribution in [3.8, 4) is 0 Å². The molecule has 0 atom stereocenters. The third-order valence-corrected chi connectivity index (χ3v) is 2.52. The molecule has 0 radical (unpaired) electrons. The van der Waals surface area contributed by atoms with Crippen LogP contribution in [0.25, 0.3) is 0 Å². The standard InChI is InChI=1S/C12H13FO2/c1-2-15-12(14)9-5-6-11(13)10(7-9)8-3-4-8/h5-8H,2-4H2,1H3. The maximum absolute atomic E-state index is 13.4. The number of rotatable bonds is 3. The fourth-order valence-electron chi connectivity index (χ4n) is 1.59. The minimum Gasteiger partial charge on any atom is -0.462 e. The molecule has 0 spiro atoms. The van der Waals surface area contributed by atoms with Gasteiger partial charge in [0.15, 0.2) is 0 Å². The number of carbonyl (C=O) groups is 1. The average molecular weight is 208 g/mol. The van der Waals surface area contributed by atoms with Crippen molar-refractivity contribution in [1.82, 2.24) is 0 Å². The highest BCUT2D eigenvalue weighted by Crippen LogP contribution is 2.41. The fourth-order valence-corrected chi connectivity index (χ4v) is 1.59. The van der Waals surface area contributed by atoms with Crippen molar-refractivity contribution in [3.05, 3.63) is 35.1 Å². The Morgan fingerprint density at radius 3 is 2.87 bits per heavy atom. The summed E-state index contributed by atoms with van der Waals surface area (Å²) in [6, 6.07) is 4.43. The minimum absolute atomic E-state index is 0.217. The SMILES string of the molecule is CCOC(=O)c1ccc(F)c(C2CC2)c1. The molecule has 0 aromatic heterocycles. The molecule has 2 rings (SSSR count). The molecule has 0 amide bonds. The number of benzene rings is 1. The number of hydrogen-bond acceptors (Lipinski definition) is 2. The van der Waals surface area contributed by atoms with Crippen LogP contribution in [0.4, 0.5) is 4.39 Å². The maximum atomic E-state index is 13.4. The van der Waals surface area contributed by atoms with E-state index < -0.39 is 0 Å². The summed E-state index contributed by atoms with van der Waals surface area (Å²) in [6.45, 7) is 2.10. The first-order valence-electron chi connectivity index (χ1n) is 5.19. The van der Waals surface area contributed by atoms with Crippen LogP contribution in [0.15, 0.2) is 18.2 Å². The van der Waals surface area contributed by atoms with Crippen molar-refractivity contribution >= 4 is 5.97 Å². The first-order chi connectivity index (χ1) is 7.22. The normalized spacial score (nSPS) is 15.1. The van der Waals surface area contributed by atoms with E-state index in [4.69, 9.17) is 4.74 Å². The van der Waals surface area contributed by atoms with Crippen molar-refractivity contribution in [2.45, 2.75) is 25.7 Å². The van der Waals surface area contributed by atoms with Gasteiger partial charge in [-0.25, -0.2) is 9.18 Å². The summed E-state index contributed by atoms with van der Waals surface area (Å²) in [4.78, 5) is 11.4. The maximum Gasteiger partial charge on any atom is 0.338 e. The molecule has 0 unspecified atom stereocenters. The molecular formula is C12H13FO2. The van der Waals surface area contributed by atoms with Crippen LogP contribution in [0, 0.1) is 5.82 Å². The van der Waals surface area contributed by atoms with E-state index in [-0.39, 0.29) is 11.8 Å². The van der Waals surface area contributed by atoms with Crippen LogP contribution < -0.4 is 0 Å². The summed E-state index contributed by atoms with van der Waals surface area (Å²) in [7, 11) is 0. The minimum atomic E-state index is -0.376. The van der Waals surface area contributed by atoms with E-state index in [1.165, 1.54) is 12.1 Å². The van der Waals surface area contributed by atoms with Crippen LogP contribution in [-0.2, 0) is 4.74 Å². The van der Waals surface area contributed by atoms with Gasteiger partial charge in [-0.1, -0.05) is 0 Å². The summed E-state index contributed by atoms with van der Waals surface area (Å²) in [5.74, 6) is -0.288. The van der Waals surface area contributed by atoms with Crippen molar-refractivity contribution in [2.24, 2.45) is 0 Å². The Morgan fingerprint density at radius 2 is 2.27 bits per heavy atom. The first-order valence-corrected chi connectivity index (χ1v) is 5.19. The molecule has 1 aromatic rings. The summed E-state index contributed by atoms with van der Waals surface area (Å²) in [5.41, 5.74) is 1.10. The van der Waals surface area contributed by atoms with Crippen LogP contribution in [0.1, 0.15) is 41.6 Å². The lowest BCUT2D eigenvalue weighted by atomic mass is 10.1. The highest BCUT2D eigenvalue weighted by Gasteiger charge is 2.27. The van der Waals surface area contributed by atoms with Crippen LogP contribution in [0.2, 0.25) is 0 Å². The number of ether oxygens (including phenoxy) is 1. The van der Waals surface area contributed by atoms with Gasteiger partial charge in [0, 0.05) is 0 Å². The lowest BCUT2D eigenvalue weighted by molar-refractivity contribution is 0.0526. The number of hydrogen-bond donors (Lipinski definition) is 0.